The summed E-state index contributed by atoms with van der Waals surface area (Å²) in [6.07, 6.45) is 0.443. The number of carbonyl (C=O) groups is 1. The maximum absolute atomic E-state index is 11.6. The summed E-state index contributed by atoms with van der Waals surface area (Å²) in [6, 6.07) is 26.6. The molecular formula is C27H31NO4. The predicted molar refractivity (Wildman–Crippen MR) is 125 cm³/mol. The van der Waals surface area contributed by atoms with Crippen LogP contribution in [0.1, 0.15) is 45.7 Å². The Kier molecular flexibility index (Phi) is 8.99. The van der Waals surface area contributed by atoms with Crippen LogP contribution in [0.25, 0.3) is 0 Å². The molecule has 0 radical (unpaired) electrons. The molecule has 32 heavy (non-hydrogen) atoms. The zero-order chi connectivity index (χ0) is 22.8. The van der Waals surface area contributed by atoms with Crippen molar-refractivity contribution in [3.05, 3.63) is 107 Å². The van der Waals surface area contributed by atoms with Gasteiger partial charge >= 0.3 is 5.97 Å². The number of carbonyl (C=O) groups excluding carboxylic acids is 1. The molecule has 0 aliphatic carbocycles. The highest BCUT2D eigenvalue weighted by molar-refractivity contribution is 5.89. The van der Waals surface area contributed by atoms with Gasteiger partial charge in [-0.15, -0.1) is 0 Å². The van der Waals surface area contributed by atoms with E-state index in [0.717, 1.165) is 36.1 Å². The van der Waals surface area contributed by atoms with Gasteiger partial charge in [-0.25, -0.2) is 4.79 Å². The highest BCUT2D eigenvalue weighted by atomic mass is 16.5. The van der Waals surface area contributed by atoms with Gasteiger partial charge in [0.1, 0.15) is 0 Å². The number of hydrogen-bond donors (Lipinski definition) is 2. The third-order valence-corrected chi connectivity index (χ3v) is 5.55. The maximum Gasteiger partial charge on any atom is 0.337 e. The number of aliphatic hydroxyl groups is 2. The lowest BCUT2D eigenvalue weighted by molar-refractivity contribution is 0.0600. The molecule has 0 aliphatic rings. The van der Waals surface area contributed by atoms with E-state index in [1.54, 1.807) is 12.1 Å². The molecule has 0 aliphatic heterocycles. The van der Waals surface area contributed by atoms with Crippen molar-refractivity contribution in [3.63, 3.8) is 0 Å². The molecule has 5 nitrogen and oxygen atoms in total. The Bertz CT molecular complexity index is 897. The van der Waals surface area contributed by atoms with Crippen LogP contribution >= 0.6 is 0 Å². The Morgan fingerprint density at radius 3 is 1.78 bits per heavy atom. The molecular weight excluding hydrogens is 402 g/mol. The van der Waals surface area contributed by atoms with Crippen LogP contribution in [0.4, 0.5) is 0 Å². The molecule has 168 valence electrons. The summed E-state index contributed by atoms with van der Waals surface area (Å²) in [4.78, 5) is 13.7. The van der Waals surface area contributed by atoms with Crippen LogP contribution in [-0.2, 0) is 11.2 Å². The third kappa shape index (κ3) is 7.02. The van der Waals surface area contributed by atoms with E-state index in [1.165, 1.54) is 7.11 Å². The van der Waals surface area contributed by atoms with Crippen molar-refractivity contribution in [1.82, 2.24) is 4.90 Å². The Hall–Kier alpha value is -2.99. The summed E-state index contributed by atoms with van der Waals surface area (Å²) in [6.45, 7) is 1.61. The molecule has 2 unspecified atom stereocenters. The Morgan fingerprint density at radius 2 is 1.31 bits per heavy atom. The van der Waals surface area contributed by atoms with E-state index in [2.05, 4.69) is 4.90 Å². The van der Waals surface area contributed by atoms with Crippen molar-refractivity contribution in [3.8, 4) is 0 Å². The fourth-order valence-corrected chi connectivity index (χ4v) is 3.74. The fourth-order valence-electron chi connectivity index (χ4n) is 3.74. The Labute approximate surface area is 189 Å². The van der Waals surface area contributed by atoms with Crippen LogP contribution in [0.2, 0.25) is 0 Å². The van der Waals surface area contributed by atoms with Crippen LogP contribution in [0, 0.1) is 0 Å². The summed E-state index contributed by atoms with van der Waals surface area (Å²) < 4.78 is 4.74. The number of benzene rings is 3. The maximum atomic E-state index is 11.6. The summed E-state index contributed by atoms with van der Waals surface area (Å²) >= 11 is 0. The van der Waals surface area contributed by atoms with Gasteiger partial charge in [0.05, 0.1) is 24.9 Å². The minimum Gasteiger partial charge on any atom is -0.465 e. The lowest BCUT2D eigenvalue weighted by Gasteiger charge is -2.27. The zero-order valence-electron chi connectivity index (χ0n) is 18.4. The first-order chi connectivity index (χ1) is 15.6. The second-order valence-corrected chi connectivity index (χ2v) is 7.90. The first-order valence-electron chi connectivity index (χ1n) is 10.9. The molecule has 0 heterocycles. The quantitative estimate of drug-likeness (QED) is 0.444. The van der Waals surface area contributed by atoms with Crippen molar-refractivity contribution in [1.29, 1.82) is 0 Å². The van der Waals surface area contributed by atoms with Crippen molar-refractivity contribution < 1.29 is 19.7 Å². The highest BCUT2D eigenvalue weighted by Crippen LogP contribution is 2.19. The van der Waals surface area contributed by atoms with E-state index < -0.39 is 12.2 Å². The van der Waals surface area contributed by atoms with Gasteiger partial charge in [0.15, 0.2) is 0 Å². The summed E-state index contributed by atoms with van der Waals surface area (Å²) in [5, 5.41) is 21.5. The lowest BCUT2D eigenvalue weighted by atomic mass is 10.1. The fraction of sp³-hybridized carbons (Fsp3) is 0.296. The Morgan fingerprint density at radius 1 is 0.812 bits per heavy atom. The third-order valence-electron chi connectivity index (χ3n) is 5.55. The number of methoxy groups -OCH3 is 1. The normalized spacial score (nSPS) is 13.0. The van der Waals surface area contributed by atoms with E-state index in [9.17, 15) is 15.0 Å². The average Bonchev–Trinajstić information content (AvgIpc) is 2.85. The van der Waals surface area contributed by atoms with Crippen LogP contribution in [0.15, 0.2) is 84.9 Å². The molecule has 0 amide bonds. The second kappa shape index (κ2) is 12.2. The van der Waals surface area contributed by atoms with E-state index >= 15 is 0 Å². The molecule has 0 fully saturated rings. The molecule has 0 saturated carbocycles. The van der Waals surface area contributed by atoms with Crippen molar-refractivity contribution in [2.75, 3.05) is 26.7 Å². The van der Waals surface area contributed by atoms with Crippen molar-refractivity contribution >= 4 is 5.97 Å². The molecule has 0 aromatic heterocycles. The predicted octanol–water partition coefficient (Wildman–Crippen LogP) is 4.18. The first-order valence-corrected chi connectivity index (χ1v) is 10.9. The first kappa shape index (κ1) is 23.7. The van der Waals surface area contributed by atoms with E-state index in [1.807, 2.05) is 72.8 Å². The number of aryl methyl sites for hydroxylation is 1. The minimum atomic E-state index is -0.626. The molecule has 3 rings (SSSR count). The van der Waals surface area contributed by atoms with Crippen LogP contribution in [0.5, 0.6) is 0 Å². The molecule has 3 aromatic rings. The molecule has 2 atom stereocenters. The SMILES string of the molecule is COC(=O)c1ccc(CCCN(CC(O)c2ccccc2)CC(O)c2ccccc2)cc1. The smallest absolute Gasteiger partial charge is 0.337 e. The van der Waals surface area contributed by atoms with Crippen molar-refractivity contribution in [2.24, 2.45) is 0 Å². The van der Waals surface area contributed by atoms with Gasteiger partial charge in [-0.1, -0.05) is 72.8 Å². The molecule has 2 N–H and O–H groups in total. The topological polar surface area (TPSA) is 70.0 Å². The van der Waals surface area contributed by atoms with Crippen molar-refractivity contribution in [2.45, 2.75) is 25.0 Å². The number of hydrogen-bond acceptors (Lipinski definition) is 5. The highest BCUT2D eigenvalue weighted by Gasteiger charge is 2.18. The number of aliphatic hydroxyl groups excluding tert-OH is 2. The second-order valence-electron chi connectivity index (χ2n) is 7.90. The minimum absolute atomic E-state index is 0.340. The molecule has 0 spiro atoms. The van der Waals surface area contributed by atoms with E-state index in [0.29, 0.717) is 18.7 Å². The summed E-state index contributed by atoms with van der Waals surface area (Å²) in [5.41, 5.74) is 3.40. The lowest BCUT2D eigenvalue weighted by Crippen LogP contribution is -2.34. The summed E-state index contributed by atoms with van der Waals surface area (Å²) in [7, 11) is 1.37. The number of esters is 1. The van der Waals surface area contributed by atoms with Crippen LogP contribution < -0.4 is 0 Å². The van der Waals surface area contributed by atoms with Crippen LogP contribution in [-0.4, -0.2) is 47.8 Å². The number of rotatable bonds is 11. The van der Waals surface area contributed by atoms with Gasteiger partial charge in [0.25, 0.3) is 0 Å². The van der Waals surface area contributed by atoms with Gasteiger partial charge in [-0.2, -0.15) is 0 Å². The van der Waals surface area contributed by atoms with Gasteiger partial charge in [-0.3, -0.25) is 4.90 Å². The van der Waals surface area contributed by atoms with E-state index in [-0.39, 0.29) is 5.97 Å². The number of nitrogens with zero attached hydrogens (tertiary/aromatic N) is 1. The van der Waals surface area contributed by atoms with E-state index in [4.69, 9.17) is 4.74 Å². The molecule has 0 saturated heterocycles. The monoisotopic (exact) mass is 433 g/mol. The Balaban J connectivity index is 1.61. The van der Waals surface area contributed by atoms with Gasteiger partial charge in [0.2, 0.25) is 0 Å². The van der Waals surface area contributed by atoms with Crippen LogP contribution in [0.3, 0.4) is 0 Å². The standard InChI is InChI=1S/C27H31NO4/c1-32-27(31)24-16-14-21(15-17-24)9-8-18-28(19-25(29)22-10-4-2-5-11-22)20-26(30)23-12-6-3-7-13-23/h2-7,10-17,25-26,29-30H,8-9,18-20H2,1H3. The average molecular weight is 434 g/mol. The summed E-state index contributed by atoms with van der Waals surface area (Å²) in [5.74, 6) is -0.340. The number of ether oxygens (including phenoxy) is 1. The molecule has 3 aromatic carbocycles. The van der Waals surface area contributed by atoms with Gasteiger partial charge < -0.3 is 14.9 Å². The molecule has 5 heteroatoms. The van der Waals surface area contributed by atoms with Gasteiger partial charge in [0, 0.05) is 13.1 Å². The largest absolute Gasteiger partial charge is 0.465 e. The zero-order valence-corrected chi connectivity index (χ0v) is 18.4. The molecule has 0 bridgehead atoms. The van der Waals surface area contributed by atoms with Gasteiger partial charge in [-0.05, 0) is 48.2 Å².